The van der Waals surface area contributed by atoms with Crippen molar-refractivity contribution < 1.29 is 4.74 Å². The predicted octanol–water partition coefficient (Wildman–Crippen LogP) is 2.81. The molecule has 0 spiro atoms. The summed E-state index contributed by atoms with van der Waals surface area (Å²) in [6, 6.07) is 8.29. The molecular weight excluding hydrogens is 300 g/mol. The molecule has 0 amide bonds. The van der Waals surface area contributed by atoms with Gasteiger partial charge >= 0.3 is 0 Å². The third-order valence-electron chi connectivity index (χ3n) is 4.64. The van der Waals surface area contributed by atoms with Gasteiger partial charge in [-0.3, -0.25) is 4.90 Å². The fourth-order valence-corrected chi connectivity index (χ4v) is 3.79. The molecule has 2 aliphatic rings. The molecule has 6 heteroatoms. The molecule has 0 unspecified atom stereocenters. The molecular formula is C16H19ClN4O. The molecule has 2 atom stereocenters. The first-order valence-electron chi connectivity index (χ1n) is 7.81. The highest BCUT2D eigenvalue weighted by Gasteiger charge is 2.36. The monoisotopic (exact) mass is 318 g/mol. The van der Waals surface area contributed by atoms with E-state index in [-0.39, 0.29) is 0 Å². The molecule has 0 bridgehead atoms. The third kappa shape index (κ3) is 2.53. The van der Waals surface area contributed by atoms with E-state index in [0.717, 1.165) is 31.2 Å². The smallest absolute Gasteiger partial charge is 0.160 e. The Labute approximate surface area is 134 Å². The number of rotatable bonds is 3. The van der Waals surface area contributed by atoms with Crippen molar-refractivity contribution in [2.24, 2.45) is 0 Å². The van der Waals surface area contributed by atoms with Crippen molar-refractivity contribution in [2.45, 2.75) is 38.1 Å². The van der Waals surface area contributed by atoms with Gasteiger partial charge in [-0.05, 0) is 31.4 Å². The van der Waals surface area contributed by atoms with Crippen LogP contribution >= 0.6 is 11.6 Å². The zero-order valence-electron chi connectivity index (χ0n) is 12.4. The van der Waals surface area contributed by atoms with Crippen LogP contribution in [0.3, 0.4) is 0 Å². The average molecular weight is 319 g/mol. The summed E-state index contributed by atoms with van der Waals surface area (Å²) in [5, 5.41) is 5.11. The molecule has 1 saturated carbocycles. The largest absolute Gasteiger partial charge is 0.375 e. The van der Waals surface area contributed by atoms with Gasteiger partial charge in [0.15, 0.2) is 5.82 Å². The van der Waals surface area contributed by atoms with Crippen LogP contribution in [0.2, 0.25) is 5.02 Å². The molecule has 22 heavy (non-hydrogen) atoms. The number of ether oxygens (including phenoxy) is 1. The maximum absolute atomic E-state index is 6.30. The van der Waals surface area contributed by atoms with Crippen LogP contribution in [0.1, 0.15) is 19.3 Å². The number of morpholine rings is 1. The summed E-state index contributed by atoms with van der Waals surface area (Å²) < 4.78 is 7.82. The molecule has 1 aliphatic heterocycles. The van der Waals surface area contributed by atoms with Crippen LogP contribution in [0, 0.1) is 0 Å². The highest BCUT2D eigenvalue weighted by atomic mass is 35.5. The maximum Gasteiger partial charge on any atom is 0.160 e. The van der Waals surface area contributed by atoms with Crippen molar-refractivity contribution in [1.29, 1.82) is 0 Å². The SMILES string of the molecule is Clc1ccccc1-c1ncnn1CN1CCO[C@@H]2CCC[C@@H]21. The van der Waals surface area contributed by atoms with E-state index in [2.05, 4.69) is 15.0 Å². The minimum absolute atomic E-state index is 0.390. The van der Waals surface area contributed by atoms with Crippen molar-refractivity contribution in [1.82, 2.24) is 19.7 Å². The zero-order valence-corrected chi connectivity index (χ0v) is 13.1. The van der Waals surface area contributed by atoms with Gasteiger partial charge in [0, 0.05) is 18.2 Å². The summed E-state index contributed by atoms with van der Waals surface area (Å²) in [5.74, 6) is 0.826. The average Bonchev–Trinajstić information content (AvgIpc) is 3.17. The quantitative estimate of drug-likeness (QED) is 0.873. The van der Waals surface area contributed by atoms with Gasteiger partial charge in [-0.15, -0.1) is 0 Å². The normalized spacial score (nSPS) is 25.3. The highest BCUT2D eigenvalue weighted by molar-refractivity contribution is 6.33. The Morgan fingerprint density at radius 1 is 1.27 bits per heavy atom. The van der Waals surface area contributed by atoms with Crippen LogP contribution < -0.4 is 0 Å². The van der Waals surface area contributed by atoms with Gasteiger partial charge < -0.3 is 4.74 Å². The first-order valence-corrected chi connectivity index (χ1v) is 8.19. The third-order valence-corrected chi connectivity index (χ3v) is 4.97. The second kappa shape index (κ2) is 5.99. The summed E-state index contributed by atoms with van der Waals surface area (Å²) in [7, 11) is 0. The molecule has 2 aromatic rings. The Balaban J connectivity index is 1.59. The van der Waals surface area contributed by atoms with Gasteiger partial charge in [-0.2, -0.15) is 5.10 Å². The minimum Gasteiger partial charge on any atom is -0.375 e. The van der Waals surface area contributed by atoms with Crippen LogP contribution in [0.25, 0.3) is 11.4 Å². The lowest BCUT2D eigenvalue weighted by Crippen LogP contribution is -2.49. The van der Waals surface area contributed by atoms with Crippen molar-refractivity contribution in [3.8, 4) is 11.4 Å². The van der Waals surface area contributed by atoms with Crippen LogP contribution in [-0.4, -0.2) is 45.0 Å². The summed E-state index contributed by atoms with van der Waals surface area (Å²) in [5.41, 5.74) is 0.929. The minimum atomic E-state index is 0.390. The maximum atomic E-state index is 6.30. The lowest BCUT2D eigenvalue weighted by molar-refractivity contribution is -0.0679. The van der Waals surface area contributed by atoms with E-state index >= 15 is 0 Å². The molecule has 1 aromatic carbocycles. The van der Waals surface area contributed by atoms with Gasteiger partial charge in [0.25, 0.3) is 0 Å². The van der Waals surface area contributed by atoms with E-state index in [0.29, 0.717) is 17.2 Å². The number of hydrogen-bond donors (Lipinski definition) is 0. The summed E-state index contributed by atoms with van der Waals surface area (Å²) in [4.78, 5) is 6.88. The second-order valence-corrected chi connectivity index (χ2v) is 6.33. The van der Waals surface area contributed by atoms with Crippen LogP contribution in [-0.2, 0) is 11.4 Å². The summed E-state index contributed by atoms with van der Waals surface area (Å²) in [6.45, 7) is 2.49. The predicted molar refractivity (Wildman–Crippen MR) is 84.6 cm³/mol. The van der Waals surface area contributed by atoms with E-state index in [1.54, 1.807) is 6.33 Å². The van der Waals surface area contributed by atoms with E-state index in [1.807, 2.05) is 28.9 Å². The van der Waals surface area contributed by atoms with Gasteiger partial charge in [0.1, 0.15) is 6.33 Å². The summed E-state index contributed by atoms with van der Waals surface area (Å²) >= 11 is 6.30. The first kappa shape index (κ1) is 14.2. The van der Waals surface area contributed by atoms with Crippen LogP contribution in [0.5, 0.6) is 0 Å². The molecule has 2 heterocycles. The molecule has 2 fully saturated rings. The van der Waals surface area contributed by atoms with Crippen molar-refractivity contribution in [3.63, 3.8) is 0 Å². The molecule has 0 N–H and O–H groups in total. The Bertz CT molecular complexity index is 659. The molecule has 4 rings (SSSR count). The van der Waals surface area contributed by atoms with Gasteiger partial charge in [-0.1, -0.05) is 23.7 Å². The Kier molecular flexibility index (Phi) is 3.86. The van der Waals surface area contributed by atoms with E-state index in [4.69, 9.17) is 16.3 Å². The fraction of sp³-hybridized carbons (Fsp3) is 0.500. The number of halogens is 1. The van der Waals surface area contributed by atoms with Gasteiger partial charge in [0.05, 0.1) is 24.4 Å². The molecule has 1 aromatic heterocycles. The number of hydrogen-bond acceptors (Lipinski definition) is 4. The molecule has 5 nitrogen and oxygen atoms in total. The van der Waals surface area contributed by atoms with E-state index in [9.17, 15) is 0 Å². The standard InChI is InChI=1S/C16H19ClN4O/c17-13-5-2-1-4-12(13)16-18-10-19-21(16)11-20-8-9-22-15-7-3-6-14(15)20/h1-2,4-5,10,14-15H,3,6-9,11H2/t14-,15+/m0/s1. The van der Waals surface area contributed by atoms with Crippen LogP contribution in [0.15, 0.2) is 30.6 Å². The Morgan fingerprint density at radius 3 is 3.09 bits per heavy atom. The van der Waals surface area contributed by atoms with Crippen LogP contribution in [0.4, 0.5) is 0 Å². The highest BCUT2D eigenvalue weighted by Crippen LogP contribution is 2.31. The summed E-state index contributed by atoms with van der Waals surface area (Å²) in [6.07, 6.45) is 5.63. The molecule has 1 aliphatic carbocycles. The van der Waals surface area contributed by atoms with Gasteiger partial charge in [-0.25, -0.2) is 9.67 Å². The van der Waals surface area contributed by atoms with E-state index < -0.39 is 0 Å². The van der Waals surface area contributed by atoms with E-state index in [1.165, 1.54) is 19.3 Å². The first-order chi connectivity index (χ1) is 10.8. The lowest BCUT2D eigenvalue weighted by atomic mass is 10.1. The molecule has 1 saturated heterocycles. The molecule has 0 radical (unpaired) electrons. The van der Waals surface area contributed by atoms with Crippen molar-refractivity contribution in [3.05, 3.63) is 35.6 Å². The van der Waals surface area contributed by atoms with Gasteiger partial charge in [0.2, 0.25) is 0 Å². The lowest BCUT2D eigenvalue weighted by Gasteiger charge is -2.37. The molecule has 116 valence electrons. The zero-order chi connectivity index (χ0) is 14.9. The second-order valence-electron chi connectivity index (χ2n) is 5.92. The number of nitrogens with zero attached hydrogens (tertiary/aromatic N) is 4. The van der Waals surface area contributed by atoms with Crippen molar-refractivity contribution in [2.75, 3.05) is 13.2 Å². The Hall–Kier alpha value is -1.43. The fourth-order valence-electron chi connectivity index (χ4n) is 3.57. The topological polar surface area (TPSA) is 43.2 Å². The number of aromatic nitrogens is 3. The number of benzene rings is 1. The van der Waals surface area contributed by atoms with Crippen molar-refractivity contribution >= 4 is 11.6 Å². The Morgan fingerprint density at radius 2 is 2.18 bits per heavy atom. The number of fused-ring (bicyclic) bond motifs is 1.